The largest absolute Gasteiger partial charge is 0.326 e. The van der Waals surface area contributed by atoms with Gasteiger partial charge in [-0.25, -0.2) is 9.97 Å². The summed E-state index contributed by atoms with van der Waals surface area (Å²) in [6, 6.07) is 0. The second-order valence-electron chi connectivity index (χ2n) is 1.22. The van der Waals surface area contributed by atoms with Crippen molar-refractivity contribution in [3.05, 3.63) is 18.7 Å². The highest BCUT2D eigenvalue weighted by atomic mass is 127. The van der Waals surface area contributed by atoms with Gasteiger partial charge in [0.05, 0.1) is 40.9 Å². The molecular weight excluding hydrogens is 217 g/mol. The normalized spacial score (nSPS) is 8.62. The van der Waals surface area contributed by atoms with Crippen LogP contribution < -0.4 is 3.53 Å². The fourth-order valence-electron chi connectivity index (χ4n) is 0.348. The first-order valence-electron chi connectivity index (χ1n) is 2.05. The molecule has 0 atom stereocenters. The fraction of sp³-hybridized carbons (Fsp3) is 0. The predicted molar refractivity (Wildman–Crippen MR) is 39.7 cm³/mol. The van der Waals surface area contributed by atoms with E-state index in [1.165, 1.54) is 6.33 Å². The highest BCUT2D eigenvalue weighted by Crippen LogP contribution is 2.01. The molecular formula is C4H4IN3. The maximum Gasteiger partial charge on any atom is 0.115 e. The summed E-state index contributed by atoms with van der Waals surface area (Å²) in [5, 5.41) is 0. The molecule has 1 rings (SSSR count). The summed E-state index contributed by atoms with van der Waals surface area (Å²) in [5.74, 6) is 0. The SMILES string of the molecule is INc1cncnc1. The summed E-state index contributed by atoms with van der Waals surface area (Å²) >= 11 is 2.02. The molecule has 0 saturated heterocycles. The molecule has 0 fully saturated rings. The summed E-state index contributed by atoms with van der Waals surface area (Å²) in [7, 11) is 0. The molecule has 4 heteroatoms. The van der Waals surface area contributed by atoms with Gasteiger partial charge in [0, 0.05) is 0 Å². The number of hydrogen-bond acceptors (Lipinski definition) is 3. The lowest BCUT2D eigenvalue weighted by Gasteiger charge is -1.90. The molecule has 42 valence electrons. The highest BCUT2D eigenvalue weighted by Gasteiger charge is 1.81. The van der Waals surface area contributed by atoms with Crippen LogP contribution in [-0.4, -0.2) is 9.97 Å². The van der Waals surface area contributed by atoms with Crippen LogP contribution >= 0.6 is 22.9 Å². The van der Waals surface area contributed by atoms with Crippen molar-refractivity contribution in [1.29, 1.82) is 0 Å². The number of nitrogens with zero attached hydrogens (tertiary/aromatic N) is 2. The van der Waals surface area contributed by atoms with Crippen LogP contribution in [0.4, 0.5) is 5.69 Å². The standard InChI is InChI=1S/C4H4IN3/c5-8-4-1-6-3-7-2-4/h1-3,8H. The Morgan fingerprint density at radius 2 is 2.00 bits per heavy atom. The van der Waals surface area contributed by atoms with Crippen LogP contribution in [0.15, 0.2) is 18.7 Å². The number of halogens is 1. The molecule has 0 radical (unpaired) electrons. The Kier molecular flexibility index (Phi) is 2.01. The van der Waals surface area contributed by atoms with Crippen molar-refractivity contribution in [3.63, 3.8) is 0 Å². The summed E-state index contributed by atoms with van der Waals surface area (Å²) < 4.78 is 2.87. The molecule has 0 aliphatic carbocycles. The Balaban J connectivity index is 2.83. The number of rotatable bonds is 1. The number of aromatic nitrogens is 2. The third kappa shape index (κ3) is 1.29. The average molecular weight is 221 g/mol. The van der Waals surface area contributed by atoms with E-state index in [1.54, 1.807) is 12.4 Å². The van der Waals surface area contributed by atoms with Gasteiger partial charge in [0.1, 0.15) is 6.33 Å². The van der Waals surface area contributed by atoms with Gasteiger partial charge in [-0.3, -0.25) is 0 Å². The first kappa shape index (κ1) is 5.74. The van der Waals surface area contributed by atoms with Crippen LogP contribution in [-0.2, 0) is 0 Å². The molecule has 8 heavy (non-hydrogen) atoms. The molecule has 0 aliphatic heterocycles. The molecule has 3 nitrogen and oxygen atoms in total. The topological polar surface area (TPSA) is 37.8 Å². The lowest BCUT2D eigenvalue weighted by atomic mass is 10.6. The van der Waals surface area contributed by atoms with E-state index in [9.17, 15) is 0 Å². The minimum absolute atomic E-state index is 0.924. The van der Waals surface area contributed by atoms with Crippen LogP contribution in [0, 0.1) is 0 Å². The molecule has 0 amide bonds. The van der Waals surface area contributed by atoms with Gasteiger partial charge in [-0.05, 0) is 0 Å². The van der Waals surface area contributed by atoms with Crippen molar-refractivity contribution in [1.82, 2.24) is 9.97 Å². The van der Waals surface area contributed by atoms with Crippen LogP contribution in [0.25, 0.3) is 0 Å². The van der Waals surface area contributed by atoms with Crippen LogP contribution in [0.2, 0.25) is 0 Å². The second kappa shape index (κ2) is 2.81. The van der Waals surface area contributed by atoms with Gasteiger partial charge in [-0.2, -0.15) is 0 Å². The summed E-state index contributed by atoms with van der Waals surface area (Å²) in [6.45, 7) is 0. The third-order valence-corrected chi connectivity index (χ3v) is 1.29. The van der Waals surface area contributed by atoms with E-state index in [0.29, 0.717) is 0 Å². The minimum atomic E-state index is 0.924. The quantitative estimate of drug-likeness (QED) is 0.572. The van der Waals surface area contributed by atoms with Gasteiger partial charge in [-0.1, -0.05) is 0 Å². The van der Waals surface area contributed by atoms with Gasteiger partial charge in [0.25, 0.3) is 0 Å². The van der Waals surface area contributed by atoms with Gasteiger partial charge in [0.15, 0.2) is 0 Å². The summed E-state index contributed by atoms with van der Waals surface area (Å²) in [6.07, 6.45) is 4.91. The molecule has 1 aromatic heterocycles. The van der Waals surface area contributed by atoms with E-state index >= 15 is 0 Å². The monoisotopic (exact) mass is 221 g/mol. The minimum Gasteiger partial charge on any atom is -0.326 e. The van der Waals surface area contributed by atoms with Crippen LogP contribution in [0.1, 0.15) is 0 Å². The van der Waals surface area contributed by atoms with Gasteiger partial charge >= 0.3 is 0 Å². The maximum atomic E-state index is 3.78. The van der Waals surface area contributed by atoms with E-state index < -0.39 is 0 Å². The van der Waals surface area contributed by atoms with Gasteiger partial charge in [-0.15, -0.1) is 0 Å². The van der Waals surface area contributed by atoms with Gasteiger partial charge in [0.2, 0.25) is 0 Å². The van der Waals surface area contributed by atoms with E-state index in [-0.39, 0.29) is 0 Å². The van der Waals surface area contributed by atoms with Crippen molar-refractivity contribution in [3.8, 4) is 0 Å². The number of nitrogens with one attached hydrogen (secondary N) is 1. The molecule has 0 unspecified atom stereocenters. The Bertz CT molecular complexity index is 153. The van der Waals surface area contributed by atoms with Crippen molar-refractivity contribution in [2.24, 2.45) is 0 Å². The average Bonchev–Trinajstić information content (AvgIpc) is 1.90. The van der Waals surface area contributed by atoms with E-state index in [1.807, 2.05) is 22.9 Å². The van der Waals surface area contributed by atoms with Crippen molar-refractivity contribution in [2.75, 3.05) is 3.53 Å². The first-order valence-corrected chi connectivity index (χ1v) is 3.13. The Hall–Kier alpha value is -0.390. The van der Waals surface area contributed by atoms with Crippen molar-refractivity contribution >= 4 is 28.6 Å². The molecule has 1 aromatic rings. The zero-order chi connectivity index (χ0) is 5.82. The van der Waals surface area contributed by atoms with Crippen LogP contribution in [0.3, 0.4) is 0 Å². The fourth-order valence-corrected chi connectivity index (χ4v) is 0.626. The van der Waals surface area contributed by atoms with Crippen molar-refractivity contribution in [2.45, 2.75) is 0 Å². The third-order valence-electron chi connectivity index (χ3n) is 0.670. The Labute approximate surface area is 61.0 Å². The Morgan fingerprint density at radius 3 is 2.38 bits per heavy atom. The Morgan fingerprint density at radius 1 is 1.38 bits per heavy atom. The molecule has 0 aliphatic rings. The predicted octanol–water partition coefficient (Wildman–Crippen LogP) is 1.24. The summed E-state index contributed by atoms with van der Waals surface area (Å²) in [4.78, 5) is 7.55. The molecule has 1 heterocycles. The van der Waals surface area contributed by atoms with E-state index in [0.717, 1.165) is 5.69 Å². The molecule has 0 saturated carbocycles. The lowest BCUT2D eigenvalue weighted by molar-refractivity contribution is 1.17. The van der Waals surface area contributed by atoms with Crippen LogP contribution in [0.5, 0.6) is 0 Å². The second-order valence-corrected chi connectivity index (χ2v) is 1.76. The first-order chi connectivity index (χ1) is 3.93. The van der Waals surface area contributed by atoms with Crippen molar-refractivity contribution < 1.29 is 0 Å². The smallest absolute Gasteiger partial charge is 0.115 e. The summed E-state index contributed by atoms with van der Waals surface area (Å²) in [5.41, 5.74) is 0.924. The maximum absolute atomic E-state index is 3.78. The van der Waals surface area contributed by atoms with E-state index in [2.05, 4.69) is 13.5 Å². The molecule has 0 bridgehead atoms. The zero-order valence-electron chi connectivity index (χ0n) is 4.00. The number of anilines is 1. The lowest BCUT2D eigenvalue weighted by Crippen LogP contribution is -1.80. The number of hydrogen-bond donors (Lipinski definition) is 1. The zero-order valence-corrected chi connectivity index (χ0v) is 6.16. The van der Waals surface area contributed by atoms with E-state index in [4.69, 9.17) is 0 Å². The molecule has 1 N–H and O–H groups in total. The molecule has 0 aromatic carbocycles. The van der Waals surface area contributed by atoms with Gasteiger partial charge < -0.3 is 3.53 Å². The molecule has 0 spiro atoms. The highest BCUT2D eigenvalue weighted by molar-refractivity contribution is 14.1.